The van der Waals surface area contributed by atoms with Crippen LogP contribution in [-0.2, 0) is 4.79 Å². The largest absolute Gasteiger partial charge is 0.299 e. The summed E-state index contributed by atoms with van der Waals surface area (Å²) >= 11 is 0. The van der Waals surface area contributed by atoms with Gasteiger partial charge in [0.15, 0.2) is 0 Å². The van der Waals surface area contributed by atoms with Gasteiger partial charge in [0, 0.05) is 12.3 Å². The molecule has 1 aliphatic rings. The summed E-state index contributed by atoms with van der Waals surface area (Å²) in [5.74, 6) is 1.94. The molecule has 92 valence electrons. The van der Waals surface area contributed by atoms with Crippen molar-refractivity contribution in [2.45, 2.75) is 59.8 Å². The molecule has 1 nitrogen and oxygen atoms in total. The van der Waals surface area contributed by atoms with E-state index in [1.54, 1.807) is 0 Å². The number of ketones is 1. The van der Waals surface area contributed by atoms with Crippen molar-refractivity contribution in [1.82, 2.24) is 0 Å². The van der Waals surface area contributed by atoms with Gasteiger partial charge in [-0.3, -0.25) is 4.79 Å². The molecular weight excluding hydrogens is 196 g/mol. The van der Waals surface area contributed by atoms with E-state index in [0.29, 0.717) is 17.6 Å². The maximum Gasteiger partial charge on any atom is 0.135 e. The van der Waals surface area contributed by atoms with Crippen LogP contribution in [0.25, 0.3) is 0 Å². The molecule has 1 unspecified atom stereocenters. The van der Waals surface area contributed by atoms with E-state index < -0.39 is 0 Å². The number of carbonyl (C=O) groups excluding carboxylic acids is 1. The van der Waals surface area contributed by atoms with Crippen LogP contribution in [0.2, 0.25) is 0 Å². The Morgan fingerprint density at radius 2 is 2.00 bits per heavy atom. The molecule has 1 aliphatic carbocycles. The fraction of sp³-hybridized carbons (Fsp3) is 0.800. The highest BCUT2D eigenvalue weighted by Gasteiger charge is 2.21. The molecule has 0 spiro atoms. The second kappa shape index (κ2) is 6.22. The van der Waals surface area contributed by atoms with Crippen LogP contribution in [0.15, 0.2) is 11.6 Å². The van der Waals surface area contributed by atoms with E-state index in [4.69, 9.17) is 0 Å². The fourth-order valence-electron chi connectivity index (χ4n) is 2.39. The predicted molar refractivity (Wildman–Crippen MR) is 69.3 cm³/mol. The molecule has 0 fully saturated rings. The summed E-state index contributed by atoms with van der Waals surface area (Å²) in [6, 6.07) is 0. The molecule has 0 N–H and O–H groups in total. The Hall–Kier alpha value is -0.590. The quantitative estimate of drug-likeness (QED) is 0.602. The van der Waals surface area contributed by atoms with Gasteiger partial charge in [-0.05, 0) is 44.4 Å². The molecule has 0 saturated carbocycles. The topological polar surface area (TPSA) is 17.1 Å². The molecular formula is C15H26O. The number of rotatable bonds is 1. The molecule has 0 aromatic carbocycles. The molecule has 0 aromatic rings. The zero-order valence-corrected chi connectivity index (χ0v) is 11.3. The van der Waals surface area contributed by atoms with Gasteiger partial charge in [-0.2, -0.15) is 0 Å². The normalized spacial score (nSPS) is 32.3. The first-order valence-electron chi connectivity index (χ1n) is 6.69. The SMILES string of the molecule is C/C1=C\CC[C@H](C)C(=O)CC(C(C)C)CC1. The minimum atomic E-state index is 0.253. The van der Waals surface area contributed by atoms with Crippen LogP contribution in [0.5, 0.6) is 0 Å². The Kier molecular flexibility index (Phi) is 5.24. The summed E-state index contributed by atoms with van der Waals surface area (Å²) in [5, 5.41) is 0. The molecule has 0 heterocycles. The van der Waals surface area contributed by atoms with E-state index in [2.05, 4.69) is 33.8 Å². The van der Waals surface area contributed by atoms with Crippen molar-refractivity contribution < 1.29 is 4.79 Å². The summed E-state index contributed by atoms with van der Waals surface area (Å²) < 4.78 is 0. The highest BCUT2D eigenvalue weighted by atomic mass is 16.1. The third kappa shape index (κ3) is 4.11. The molecule has 0 saturated heterocycles. The van der Waals surface area contributed by atoms with E-state index in [1.807, 2.05) is 0 Å². The lowest BCUT2D eigenvalue weighted by atomic mass is 9.82. The number of Topliss-reactive ketones (excluding diaryl/α,β-unsaturated/α-hetero) is 1. The van der Waals surface area contributed by atoms with Crippen molar-refractivity contribution in [1.29, 1.82) is 0 Å². The Bertz CT molecular complexity index is 263. The van der Waals surface area contributed by atoms with Crippen molar-refractivity contribution in [3.05, 3.63) is 11.6 Å². The first-order chi connectivity index (χ1) is 7.50. The molecule has 0 amide bonds. The standard InChI is InChI=1S/C15H26O/c1-11(2)14-9-8-12(3)6-5-7-13(4)15(16)10-14/h6,11,13-14H,5,7-10H2,1-4H3/b12-6+/t13-,14?/m0/s1. The Morgan fingerprint density at radius 3 is 2.62 bits per heavy atom. The van der Waals surface area contributed by atoms with Gasteiger partial charge in [0.05, 0.1) is 0 Å². The predicted octanol–water partition coefficient (Wildman–Crippen LogP) is 4.37. The number of hydrogen-bond acceptors (Lipinski definition) is 1. The minimum absolute atomic E-state index is 0.253. The van der Waals surface area contributed by atoms with Crippen LogP contribution >= 0.6 is 0 Å². The van der Waals surface area contributed by atoms with Crippen LogP contribution in [0.1, 0.15) is 59.8 Å². The number of allylic oxidation sites excluding steroid dienone is 2. The van der Waals surface area contributed by atoms with Gasteiger partial charge in [-0.25, -0.2) is 0 Å². The van der Waals surface area contributed by atoms with Gasteiger partial charge in [-0.1, -0.05) is 32.4 Å². The van der Waals surface area contributed by atoms with Crippen LogP contribution < -0.4 is 0 Å². The molecule has 1 heteroatoms. The summed E-state index contributed by atoms with van der Waals surface area (Å²) in [4.78, 5) is 12.0. The van der Waals surface area contributed by atoms with Crippen molar-refractivity contribution in [3.63, 3.8) is 0 Å². The maximum absolute atomic E-state index is 12.0. The first kappa shape index (κ1) is 13.5. The summed E-state index contributed by atoms with van der Waals surface area (Å²) in [7, 11) is 0. The van der Waals surface area contributed by atoms with Gasteiger partial charge in [-0.15, -0.1) is 0 Å². The molecule has 16 heavy (non-hydrogen) atoms. The van der Waals surface area contributed by atoms with E-state index in [-0.39, 0.29) is 5.92 Å². The third-order valence-corrected chi connectivity index (χ3v) is 3.96. The summed E-state index contributed by atoms with van der Waals surface area (Å²) in [6.07, 6.45) is 7.58. The summed E-state index contributed by atoms with van der Waals surface area (Å²) in [6.45, 7) is 8.80. The Morgan fingerprint density at radius 1 is 1.31 bits per heavy atom. The molecule has 0 aromatic heterocycles. The van der Waals surface area contributed by atoms with Crippen LogP contribution in [-0.4, -0.2) is 5.78 Å². The van der Waals surface area contributed by atoms with E-state index in [1.165, 1.54) is 18.4 Å². The molecule has 2 atom stereocenters. The van der Waals surface area contributed by atoms with Crippen molar-refractivity contribution in [3.8, 4) is 0 Å². The highest BCUT2D eigenvalue weighted by Crippen LogP contribution is 2.27. The average Bonchev–Trinajstić information content (AvgIpc) is 2.22. The van der Waals surface area contributed by atoms with Crippen LogP contribution in [0, 0.1) is 17.8 Å². The lowest BCUT2D eigenvalue weighted by Gasteiger charge is -2.23. The smallest absolute Gasteiger partial charge is 0.135 e. The first-order valence-corrected chi connectivity index (χ1v) is 6.69. The maximum atomic E-state index is 12.0. The molecule has 1 rings (SSSR count). The van der Waals surface area contributed by atoms with Gasteiger partial charge in [0.2, 0.25) is 0 Å². The molecule has 0 radical (unpaired) electrons. The second-order valence-corrected chi connectivity index (χ2v) is 5.74. The van der Waals surface area contributed by atoms with Crippen molar-refractivity contribution >= 4 is 5.78 Å². The van der Waals surface area contributed by atoms with Gasteiger partial charge in [0.25, 0.3) is 0 Å². The zero-order chi connectivity index (χ0) is 12.1. The molecule has 0 aliphatic heterocycles. The highest BCUT2D eigenvalue weighted by molar-refractivity contribution is 5.80. The van der Waals surface area contributed by atoms with Crippen LogP contribution in [0.4, 0.5) is 0 Å². The lowest BCUT2D eigenvalue weighted by molar-refractivity contribution is -0.123. The van der Waals surface area contributed by atoms with Crippen molar-refractivity contribution in [2.75, 3.05) is 0 Å². The van der Waals surface area contributed by atoms with Gasteiger partial charge >= 0.3 is 0 Å². The van der Waals surface area contributed by atoms with Crippen molar-refractivity contribution in [2.24, 2.45) is 17.8 Å². The lowest BCUT2D eigenvalue weighted by Crippen LogP contribution is -2.20. The van der Waals surface area contributed by atoms with E-state index in [9.17, 15) is 4.79 Å². The van der Waals surface area contributed by atoms with Crippen LogP contribution in [0.3, 0.4) is 0 Å². The van der Waals surface area contributed by atoms with E-state index >= 15 is 0 Å². The number of carbonyl (C=O) groups is 1. The van der Waals surface area contributed by atoms with E-state index in [0.717, 1.165) is 19.3 Å². The Balaban J connectivity index is 2.72. The third-order valence-electron chi connectivity index (χ3n) is 3.96. The zero-order valence-electron chi connectivity index (χ0n) is 11.3. The second-order valence-electron chi connectivity index (χ2n) is 5.74. The Labute approximate surface area is 100 Å². The summed E-state index contributed by atoms with van der Waals surface area (Å²) in [5.41, 5.74) is 1.51. The molecule has 0 bridgehead atoms. The fourth-order valence-corrected chi connectivity index (χ4v) is 2.39. The van der Waals surface area contributed by atoms with Gasteiger partial charge < -0.3 is 0 Å². The minimum Gasteiger partial charge on any atom is -0.299 e. The average molecular weight is 222 g/mol. The van der Waals surface area contributed by atoms with Gasteiger partial charge in [0.1, 0.15) is 5.78 Å². The number of hydrogen-bond donors (Lipinski definition) is 0. The monoisotopic (exact) mass is 222 g/mol.